The highest BCUT2D eigenvalue weighted by molar-refractivity contribution is 6.00. The first-order valence-corrected chi connectivity index (χ1v) is 8.67. The van der Waals surface area contributed by atoms with E-state index in [9.17, 15) is 13.6 Å². The maximum absolute atomic E-state index is 12.2. The minimum atomic E-state index is -2.88. The Hall–Kier alpha value is -3.68. The van der Waals surface area contributed by atoms with Crippen LogP contribution >= 0.6 is 0 Å². The summed E-state index contributed by atoms with van der Waals surface area (Å²) >= 11 is 0. The number of rotatable bonds is 8. The van der Waals surface area contributed by atoms with Crippen LogP contribution in [0.3, 0.4) is 0 Å². The van der Waals surface area contributed by atoms with E-state index in [-0.39, 0.29) is 18.1 Å². The Labute approximate surface area is 165 Å². The molecule has 1 N–H and O–H groups in total. The minimum absolute atomic E-state index is 0.0430. The monoisotopic (exact) mass is 400 g/mol. The van der Waals surface area contributed by atoms with Crippen LogP contribution in [-0.4, -0.2) is 18.2 Å². The van der Waals surface area contributed by atoms with Crippen molar-refractivity contribution in [1.29, 1.82) is 0 Å². The second-order valence-corrected chi connectivity index (χ2v) is 5.91. The number of alkyl halides is 2. The van der Waals surface area contributed by atoms with Gasteiger partial charge >= 0.3 is 12.5 Å². The van der Waals surface area contributed by atoms with Crippen LogP contribution in [0.25, 0.3) is 0 Å². The first-order chi connectivity index (χ1) is 14.0. The van der Waals surface area contributed by atoms with Crippen molar-refractivity contribution in [1.82, 2.24) is 5.43 Å². The van der Waals surface area contributed by atoms with Crippen LogP contribution in [-0.2, 0) is 6.61 Å². The standard InChI is InChI=1S/C21H18F2N2O4/c1-14(15-7-9-17(10-8-15)29-21(22)23)24-25-20(26)19-12-11-18(28-19)13-27-16-5-3-2-4-6-16/h2-12,21H,13H2,1H3,(H,25,26)/b24-14-. The van der Waals surface area contributed by atoms with Gasteiger partial charge < -0.3 is 13.9 Å². The summed E-state index contributed by atoms with van der Waals surface area (Å²) in [6, 6.07) is 18.3. The van der Waals surface area contributed by atoms with Gasteiger partial charge in [0.2, 0.25) is 0 Å². The molecule has 150 valence electrons. The summed E-state index contributed by atoms with van der Waals surface area (Å²) in [5.41, 5.74) is 3.52. The number of amides is 1. The van der Waals surface area contributed by atoms with Crippen LogP contribution in [0, 0.1) is 0 Å². The average molecular weight is 400 g/mol. The molecule has 1 heterocycles. The van der Waals surface area contributed by atoms with Crippen molar-refractivity contribution in [3.05, 3.63) is 83.8 Å². The number of nitrogens with zero attached hydrogens (tertiary/aromatic N) is 1. The fourth-order valence-electron chi connectivity index (χ4n) is 2.38. The molecule has 0 aliphatic rings. The Bertz CT molecular complexity index is 970. The highest BCUT2D eigenvalue weighted by Crippen LogP contribution is 2.16. The van der Waals surface area contributed by atoms with Gasteiger partial charge in [0, 0.05) is 0 Å². The molecule has 0 aliphatic heterocycles. The van der Waals surface area contributed by atoms with Gasteiger partial charge in [-0.2, -0.15) is 13.9 Å². The van der Waals surface area contributed by atoms with E-state index in [0.29, 0.717) is 22.8 Å². The molecule has 2 aromatic carbocycles. The number of nitrogens with one attached hydrogen (secondary N) is 1. The molecular weight excluding hydrogens is 382 g/mol. The molecule has 0 fully saturated rings. The molecule has 0 bridgehead atoms. The minimum Gasteiger partial charge on any atom is -0.486 e. The van der Waals surface area contributed by atoms with Crippen LogP contribution in [0.4, 0.5) is 8.78 Å². The summed E-state index contributed by atoms with van der Waals surface area (Å²) in [5.74, 6) is 0.803. The zero-order valence-electron chi connectivity index (χ0n) is 15.5. The maximum atomic E-state index is 12.2. The molecule has 0 saturated carbocycles. The smallest absolute Gasteiger partial charge is 0.387 e. The Kier molecular flexibility index (Phi) is 6.57. The van der Waals surface area contributed by atoms with E-state index in [0.717, 1.165) is 0 Å². The molecule has 0 spiro atoms. The van der Waals surface area contributed by atoms with Crippen LogP contribution in [0.1, 0.15) is 28.8 Å². The molecule has 6 nitrogen and oxygen atoms in total. The Morgan fingerprint density at radius 3 is 2.45 bits per heavy atom. The topological polar surface area (TPSA) is 73.1 Å². The predicted molar refractivity (Wildman–Crippen MR) is 102 cm³/mol. The van der Waals surface area contributed by atoms with E-state index in [4.69, 9.17) is 9.15 Å². The number of carbonyl (C=O) groups excluding carboxylic acids is 1. The third-order valence-corrected chi connectivity index (χ3v) is 3.83. The number of ether oxygens (including phenoxy) is 2. The molecule has 0 unspecified atom stereocenters. The van der Waals surface area contributed by atoms with Crippen molar-refractivity contribution < 1.29 is 27.5 Å². The number of benzene rings is 2. The molecule has 0 aliphatic carbocycles. The fourth-order valence-corrected chi connectivity index (χ4v) is 2.38. The largest absolute Gasteiger partial charge is 0.486 e. The predicted octanol–water partition coefficient (Wildman–Crippen LogP) is 4.61. The van der Waals surface area contributed by atoms with Crippen LogP contribution in [0.15, 0.2) is 76.2 Å². The fraction of sp³-hybridized carbons (Fsp3) is 0.143. The van der Waals surface area contributed by atoms with E-state index >= 15 is 0 Å². The summed E-state index contributed by atoms with van der Waals surface area (Å²) in [5, 5.41) is 4.00. The molecule has 1 amide bonds. The number of hydrazone groups is 1. The number of para-hydroxylation sites is 1. The van der Waals surface area contributed by atoms with E-state index in [1.54, 1.807) is 25.1 Å². The van der Waals surface area contributed by atoms with E-state index in [1.807, 2.05) is 30.3 Å². The lowest BCUT2D eigenvalue weighted by molar-refractivity contribution is -0.0498. The van der Waals surface area contributed by atoms with E-state index in [2.05, 4.69) is 15.3 Å². The molecule has 8 heteroatoms. The van der Waals surface area contributed by atoms with Crippen LogP contribution in [0.2, 0.25) is 0 Å². The van der Waals surface area contributed by atoms with Crippen LogP contribution in [0.5, 0.6) is 11.5 Å². The lowest BCUT2D eigenvalue weighted by atomic mass is 10.1. The van der Waals surface area contributed by atoms with Gasteiger partial charge in [0.05, 0.1) is 5.71 Å². The Morgan fingerprint density at radius 2 is 1.76 bits per heavy atom. The van der Waals surface area contributed by atoms with Gasteiger partial charge in [-0.1, -0.05) is 18.2 Å². The molecule has 1 aromatic heterocycles. The highest BCUT2D eigenvalue weighted by atomic mass is 19.3. The number of furan rings is 1. The second-order valence-electron chi connectivity index (χ2n) is 5.91. The first-order valence-electron chi connectivity index (χ1n) is 8.67. The highest BCUT2D eigenvalue weighted by Gasteiger charge is 2.11. The quantitative estimate of drug-likeness (QED) is 0.443. The summed E-state index contributed by atoms with van der Waals surface area (Å²) in [4.78, 5) is 12.2. The van der Waals surface area contributed by atoms with Gasteiger partial charge in [-0.05, 0) is 61.0 Å². The summed E-state index contributed by atoms with van der Waals surface area (Å²) in [6.07, 6.45) is 0. The lowest BCUT2D eigenvalue weighted by Crippen LogP contribution is -2.18. The molecule has 0 atom stereocenters. The molecule has 29 heavy (non-hydrogen) atoms. The number of hydrogen-bond donors (Lipinski definition) is 1. The van der Waals surface area contributed by atoms with Gasteiger partial charge in [0.1, 0.15) is 23.9 Å². The van der Waals surface area contributed by atoms with Crippen molar-refractivity contribution in [2.75, 3.05) is 0 Å². The maximum Gasteiger partial charge on any atom is 0.387 e. The first kappa shape index (κ1) is 20.1. The van der Waals surface area contributed by atoms with Gasteiger partial charge in [0.25, 0.3) is 0 Å². The number of halogens is 2. The van der Waals surface area contributed by atoms with Crippen molar-refractivity contribution in [3.63, 3.8) is 0 Å². The summed E-state index contributed by atoms with van der Waals surface area (Å²) in [6.45, 7) is -1.02. The second kappa shape index (κ2) is 9.50. The molecule has 0 radical (unpaired) electrons. The number of carbonyl (C=O) groups is 1. The van der Waals surface area contributed by atoms with Crippen molar-refractivity contribution in [3.8, 4) is 11.5 Å². The molecule has 3 rings (SSSR count). The van der Waals surface area contributed by atoms with Gasteiger partial charge in [-0.3, -0.25) is 4.79 Å². The van der Waals surface area contributed by atoms with Crippen molar-refractivity contribution in [2.45, 2.75) is 20.1 Å². The normalized spacial score (nSPS) is 11.4. The lowest BCUT2D eigenvalue weighted by Gasteiger charge is -2.06. The van der Waals surface area contributed by atoms with Gasteiger partial charge in [-0.25, -0.2) is 5.43 Å². The third-order valence-electron chi connectivity index (χ3n) is 3.83. The Morgan fingerprint density at radius 1 is 1.03 bits per heavy atom. The zero-order chi connectivity index (χ0) is 20.6. The van der Waals surface area contributed by atoms with Gasteiger partial charge in [-0.15, -0.1) is 0 Å². The van der Waals surface area contributed by atoms with E-state index < -0.39 is 12.5 Å². The molecule has 3 aromatic rings. The molecular formula is C21H18F2N2O4. The van der Waals surface area contributed by atoms with Crippen molar-refractivity contribution in [2.24, 2.45) is 5.10 Å². The molecule has 0 saturated heterocycles. The average Bonchev–Trinajstić information content (AvgIpc) is 3.20. The van der Waals surface area contributed by atoms with Crippen molar-refractivity contribution >= 4 is 11.6 Å². The summed E-state index contributed by atoms with van der Waals surface area (Å²) < 4.78 is 39.7. The zero-order valence-corrected chi connectivity index (χ0v) is 15.5. The van der Waals surface area contributed by atoms with Crippen LogP contribution < -0.4 is 14.9 Å². The van der Waals surface area contributed by atoms with Gasteiger partial charge in [0.15, 0.2) is 5.76 Å². The third kappa shape index (κ3) is 5.90. The SMILES string of the molecule is C/C(=N/NC(=O)c1ccc(COc2ccccc2)o1)c1ccc(OC(F)F)cc1. The van der Waals surface area contributed by atoms with E-state index in [1.165, 1.54) is 18.2 Å². The number of hydrogen-bond acceptors (Lipinski definition) is 5. The summed E-state index contributed by atoms with van der Waals surface area (Å²) in [7, 11) is 0. The Balaban J connectivity index is 1.55.